The molecule has 2 aromatic carbocycles. The van der Waals surface area contributed by atoms with E-state index >= 15 is 0 Å². The van der Waals surface area contributed by atoms with Gasteiger partial charge in [-0.05, 0) is 29.8 Å². The Labute approximate surface area is 193 Å². The van der Waals surface area contributed by atoms with E-state index < -0.39 is 45.3 Å². The molecule has 0 spiro atoms. The Morgan fingerprint density at radius 2 is 1.76 bits per heavy atom. The predicted octanol–water partition coefficient (Wildman–Crippen LogP) is 1.23. The number of nitrogens with one attached hydrogen (secondary N) is 2. The van der Waals surface area contributed by atoms with E-state index in [-0.39, 0.29) is 36.1 Å². The summed E-state index contributed by atoms with van der Waals surface area (Å²) in [6.07, 6.45) is 1.06. The number of nitrogens with zero attached hydrogens (tertiary/aromatic N) is 1. The zero-order valence-electron chi connectivity index (χ0n) is 17.2. The number of sulfonamides is 1. The minimum absolute atomic E-state index is 0.105. The molecule has 0 bridgehead atoms. The zero-order valence-corrected chi connectivity index (χ0v) is 18.8. The molecule has 1 aromatic heterocycles. The molecular formula is C21H21ClFN3O6S. The SMILES string of the molecule is O=C(NCc1ccc(Cl)cc1)c1c[nH]c2c(S(=O)(=O)N(CCO)CCO)cc(F)cc2c1=O. The lowest BCUT2D eigenvalue weighted by Gasteiger charge is -2.21. The van der Waals surface area contributed by atoms with Crippen molar-refractivity contribution in [1.82, 2.24) is 14.6 Å². The molecule has 176 valence electrons. The van der Waals surface area contributed by atoms with Gasteiger partial charge < -0.3 is 20.5 Å². The Morgan fingerprint density at radius 1 is 1.12 bits per heavy atom. The predicted molar refractivity (Wildman–Crippen MR) is 120 cm³/mol. The number of carbonyl (C=O) groups is 1. The number of aromatic nitrogens is 1. The molecule has 0 radical (unpaired) electrons. The van der Waals surface area contributed by atoms with Crippen molar-refractivity contribution in [2.24, 2.45) is 0 Å². The lowest BCUT2D eigenvalue weighted by atomic mass is 10.1. The number of rotatable bonds is 9. The minimum atomic E-state index is -4.38. The van der Waals surface area contributed by atoms with Crippen LogP contribution < -0.4 is 10.7 Å². The summed E-state index contributed by atoms with van der Waals surface area (Å²) in [7, 11) is -4.38. The van der Waals surface area contributed by atoms with Crippen molar-refractivity contribution < 1.29 is 27.8 Å². The summed E-state index contributed by atoms with van der Waals surface area (Å²) in [5, 5.41) is 21.1. The maximum Gasteiger partial charge on any atom is 0.257 e. The van der Waals surface area contributed by atoms with E-state index in [1.54, 1.807) is 24.3 Å². The number of carbonyl (C=O) groups excluding carboxylic acids is 1. The summed E-state index contributed by atoms with van der Waals surface area (Å²) in [6.45, 7) is -1.62. The van der Waals surface area contributed by atoms with Gasteiger partial charge in [0.2, 0.25) is 15.5 Å². The first kappa shape index (κ1) is 24.8. The Bertz CT molecular complexity index is 1320. The second kappa shape index (κ2) is 10.4. The van der Waals surface area contributed by atoms with E-state index in [0.29, 0.717) is 5.02 Å². The third-order valence-electron chi connectivity index (χ3n) is 4.84. The van der Waals surface area contributed by atoms with Gasteiger partial charge in [0.1, 0.15) is 16.3 Å². The van der Waals surface area contributed by atoms with Crippen molar-refractivity contribution in [1.29, 1.82) is 0 Å². The van der Waals surface area contributed by atoms with Crippen LogP contribution in [0.5, 0.6) is 0 Å². The number of halogens is 2. The summed E-state index contributed by atoms with van der Waals surface area (Å²) in [5.74, 6) is -1.73. The van der Waals surface area contributed by atoms with Crippen LogP contribution in [0.1, 0.15) is 15.9 Å². The van der Waals surface area contributed by atoms with Gasteiger partial charge in [0.25, 0.3) is 5.91 Å². The van der Waals surface area contributed by atoms with E-state index in [1.165, 1.54) is 0 Å². The van der Waals surface area contributed by atoms with Gasteiger partial charge in [-0.15, -0.1) is 0 Å². The monoisotopic (exact) mass is 497 g/mol. The number of aliphatic hydroxyl groups excluding tert-OH is 2. The highest BCUT2D eigenvalue weighted by atomic mass is 35.5. The molecule has 1 heterocycles. The van der Waals surface area contributed by atoms with Gasteiger partial charge in [0.15, 0.2) is 0 Å². The van der Waals surface area contributed by atoms with Crippen molar-refractivity contribution in [3.63, 3.8) is 0 Å². The molecule has 9 nitrogen and oxygen atoms in total. The molecule has 0 fully saturated rings. The fourth-order valence-corrected chi connectivity index (χ4v) is 4.97. The van der Waals surface area contributed by atoms with Gasteiger partial charge in [-0.25, -0.2) is 12.8 Å². The maximum atomic E-state index is 14.3. The van der Waals surface area contributed by atoms with E-state index in [0.717, 1.165) is 28.2 Å². The highest BCUT2D eigenvalue weighted by Crippen LogP contribution is 2.24. The summed E-state index contributed by atoms with van der Waals surface area (Å²) < 4.78 is 41.1. The van der Waals surface area contributed by atoms with Crippen LogP contribution in [0.2, 0.25) is 5.02 Å². The molecule has 3 rings (SSSR count). The van der Waals surface area contributed by atoms with Crippen LogP contribution in [0.4, 0.5) is 4.39 Å². The van der Waals surface area contributed by atoms with E-state index in [1.807, 2.05) is 0 Å². The molecule has 0 atom stereocenters. The highest BCUT2D eigenvalue weighted by Gasteiger charge is 2.28. The molecule has 12 heteroatoms. The summed E-state index contributed by atoms with van der Waals surface area (Å²) in [4.78, 5) is 27.5. The molecule has 0 saturated carbocycles. The van der Waals surface area contributed by atoms with Gasteiger partial charge in [0.05, 0.1) is 24.1 Å². The number of hydrogen-bond donors (Lipinski definition) is 4. The van der Waals surface area contributed by atoms with Crippen LogP contribution in [-0.4, -0.2) is 60.1 Å². The van der Waals surface area contributed by atoms with Crippen LogP contribution in [-0.2, 0) is 16.6 Å². The van der Waals surface area contributed by atoms with Gasteiger partial charge >= 0.3 is 0 Å². The molecule has 0 aliphatic heterocycles. The van der Waals surface area contributed by atoms with Crippen LogP contribution in [0, 0.1) is 5.82 Å². The molecule has 0 saturated heterocycles. The van der Waals surface area contributed by atoms with E-state index in [2.05, 4.69) is 10.3 Å². The number of fused-ring (bicyclic) bond motifs is 1. The number of amides is 1. The van der Waals surface area contributed by atoms with Crippen LogP contribution in [0.3, 0.4) is 0 Å². The summed E-state index contributed by atoms with van der Waals surface area (Å²) >= 11 is 5.82. The topological polar surface area (TPSA) is 140 Å². The molecule has 0 unspecified atom stereocenters. The first-order chi connectivity index (χ1) is 15.7. The number of aliphatic hydroxyl groups is 2. The fourth-order valence-electron chi connectivity index (χ4n) is 3.23. The van der Waals surface area contributed by atoms with Crippen molar-refractivity contribution >= 4 is 38.4 Å². The lowest BCUT2D eigenvalue weighted by Crippen LogP contribution is -2.36. The van der Waals surface area contributed by atoms with E-state index in [9.17, 15) is 22.4 Å². The van der Waals surface area contributed by atoms with Crippen LogP contribution in [0.15, 0.2) is 52.3 Å². The zero-order chi connectivity index (χ0) is 24.2. The van der Waals surface area contributed by atoms with Gasteiger partial charge in [0, 0.05) is 30.9 Å². The Kier molecular flexibility index (Phi) is 7.82. The average Bonchev–Trinajstić information content (AvgIpc) is 2.78. The lowest BCUT2D eigenvalue weighted by molar-refractivity contribution is 0.0949. The van der Waals surface area contributed by atoms with Crippen molar-refractivity contribution in [2.75, 3.05) is 26.3 Å². The van der Waals surface area contributed by atoms with Crippen molar-refractivity contribution in [3.05, 3.63) is 74.8 Å². The fraction of sp³-hybridized carbons (Fsp3) is 0.238. The third kappa shape index (κ3) is 5.40. The Balaban J connectivity index is 2.00. The second-order valence-electron chi connectivity index (χ2n) is 7.02. The smallest absolute Gasteiger partial charge is 0.257 e. The van der Waals surface area contributed by atoms with E-state index in [4.69, 9.17) is 21.8 Å². The van der Waals surface area contributed by atoms with Crippen LogP contribution >= 0.6 is 11.6 Å². The normalized spacial score (nSPS) is 11.8. The van der Waals surface area contributed by atoms with Crippen molar-refractivity contribution in [2.45, 2.75) is 11.4 Å². The minimum Gasteiger partial charge on any atom is -0.395 e. The molecule has 33 heavy (non-hydrogen) atoms. The largest absolute Gasteiger partial charge is 0.395 e. The first-order valence-corrected chi connectivity index (χ1v) is 11.6. The number of hydrogen-bond acceptors (Lipinski definition) is 6. The van der Waals surface area contributed by atoms with Gasteiger partial charge in [-0.1, -0.05) is 23.7 Å². The first-order valence-electron chi connectivity index (χ1n) is 9.78. The molecule has 3 aromatic rings. The van der Waals surface area contributed by atoms with Gasteiger partial charge in [-0.3, -0.25) is 9.59 Å². The molecule has 0 aliphatic rings. The van der Waals surface area contributed by atoms with Crippen molar-refractivity contribution in [3.8, 4) is 0 Å². The Hall–Kier alpha value is -2.83. The highest BCUT2D eigenvalue weighted by molar-refractivity contribution is 7.89. The molecule has 4 N–H and O–H groups in total. The maximum absolute atomic E-state index is 14.3. The Morgan fingerprint density at radius 3 is 2.36 bits per heavy atom. The van der Waals surface area contributed by atoms with Gasteiger partial charge in [-0.2, -0.15) is 4.31 Å². The third-order valence-corrected chi connectivity index (χ3v) is 7.02. The number of H-pyrrole nitrogens is 1. The standard InChI is InChI=1S/C21H21ClFN3O6S/c22-14-3-1-13(2-4-14)11-25-21(30)17-12-24-19-16(20(17)29)9-15(23)10-18(19)33(31,32)26(5-7-27)6-8-28/h1-4,9-10,12,27-28H,5-8,11H2,(H,24,29)(H,25,30). The number of aromatic amines is 1. The summed E-state index contributed by atoms with van der Waals surface area (Å²) in [5.41, 5.74) is -0.647. The second-order valence-corrected chi connectivity index (χ2v) is 9.36. The molecule has 1 amide bonds. The number of pyridine rings is 1. The summed E-state index contributed by atoms with van der Waals surface area (Å²) in [6, 6.07) is 8.26. The number of benzene rings is 2. The molecule has 0 aliphatic carbocycles. The van der Waals surface area contributed by atoms with Crippen LogP contribution in [0.25, 0.3) is 10.9 Å². The quantitative estimate of drug-likeness (QED) is 0.350. The molecular weight excluding hydrogens is 477 g/mol. The average molecular weight is 498 g/mol.